The number of fused-ring (bicyclic) bond motifs is 1. The molecule has 0 radical (unpaired) electrons. The number of allylic oxidation sites excluding steroid dienone is 1. The second-order valence-electron chi connectivity index (χ2n) is 4.64. The molecule has 0 saturated heterocycles. The van der Waals surface area contributed by atoms with Crippen LogP contribution in [-0.4, -0.2) is 10.1 Å². The molecule has 0 spiro atoms. The monoisotopic (exact) mass is 318 g/mol. The topological polar surface area (TPSA) is 92.7 Å². The fourth-order valence-electron chi connectivity index (χ4n) is 2.03. The maximum Gasteiger partial charge on any atom is 0.145 e. The lowest BCUT2D eigenvalue weighted by Gasteiger charge is -2.05. The highest BCUT2D eigenvalue weighted by Crippen LogP contribution is 2.36. The molecular formula is C17H10N4OS. The number of para-hydroxylation sites is 1. The van der Waals surface area contributed by atoms with E-state index in [1.165, 1.54) is 17.5 Å². The van der Waals surface area contributed by atoms with Crippen LogP contribution in [0, 0.1) is 22.7 Å². The van der Waals surface area contributed by atoms with Gasteiger partial charge < -0.3 is 10.4 Å². The first-order valence-corrected chi connectivity index (χ1v) is 7.49. The number of anilines is 1. The number of aromatic hydroxyl groups is 1. The number of phenols is 1. The molecule has 0 aliphatic rings. The molecule has 2 N–H and O–H groups in total. The Kier molecular flexibility index (Phi) is 3.92. The molecule has 0 unspecified atom stereocenters. The molecule has 0 saturated carbocycles. The minimum atomic E-state index is -0.0281. The summed E-state index contributed by atoms with van der Waals surface area (Å²) in [4.78, 5) is 4.52. The Labute approximate surface area is 136 Å². The van der Waals surface area contributed by atoms with Crippen LogP contribution in [0.25, 0.3) is 20.8 Å². The van der Waals surface area contributed by atoms with Crippen LogP contribution in [0.5, 0.6) is 5.75 Å². The Bertz CT molecular complexity index is 943. The van der Waals surface area contributed by atoms with Gasteiger partial charge in [-0.05, 0) is 30.3 Å². The van der Waals surface area contributed by atoms with Crippen molar-refractivity contribution in [3.8, 4) is 28.5 Å². The molecule has 5 nitrogen and oxygen atoms in total. The Morgan fingerprint density at radius 2 is 1.96 bits per heavy atom. The number of phenolic OH excluding ortho intramolecular Hbond substituents is 1. The quantitative estimate of drug-likeness (QED) is 0.562. The number of aromatic nitrogens is 1. The largest absolute Gasteiger partial charge is 0.507 e. The van der Waals surface area contributed by atoms with Crippen molar-refractivity contribution >= 4 is 27.2 Å². The van der Waals surface area contributed by atoms with Gasteiger partial charge in [-0.2, -0.15) is 10.5 Å². The van der Waals surface area contributed by atoms with Crippen molar-refractivity contribution in [1.82, 2.24) is 4.98 Å². The maximum atomic E-state index is 10.1. The van der Waals surface area contributed by atoms with E-state index in [4.69, 9.17) is 10.5 Å². The Morgan fingerprint density at radius 3 is 2.70 bits per heavy atom. The lowest BCUT2D eigenvalue weighted by molar-refractivity contribution is 0.477. The second kappa shape index (κ2) is 6.18. The van der Waals surface area contributed by atoms with Crippen molar-refractivity contribution in [2.75, 3.05) is 5.32 Å². The summed E-state index contributed by atoms with van der Waals surface area (Å²) in [6.45, 7) is 0. The minimum Gasteiger partial charge on any atom is -0.507 e. The highest BCUT2D eigenvalue weighted by atomic mass is 32.1. The number of nitrogens with one attached hydrogen (secondary N) is 1. The predicted octanol–water partition coefficient (Wildman–Crippen LogP) is 4.01. The van der Waals surface area contributed by atoms with E-state index < -0.39 is 0 Å². The third kappa shape index (κ3) is 2.98. The van der Waals surface area contributed by atoms with Crippen LogP contribution in [0.4, 0.5) is 5.69 Å². The van der Waals surface area contributed by atoms with Gasteiger partial charge in [0, 0.05) is 11.9 Å². The fourth-order valence-corrected chi connectivity index (χ4v) is 3.02. The third-order valence-electron chi connectivity index (χ3n) is 3.14. The van der Waals surface area contributed by atoms with E-state index >= 15 is 0 Å². The SMILES string of the molecule is N#CC(C#N)=CNc1ccc(O)c(-c2nc3ccccc3s2)c1. The fraction of sp³-hybridized carbons (Fsp3) is 0. The summed E-state index contributed by atoms with van der Waals surface area (Å²) in [7, 11) is 0. The van der Waals surface area contributed by atoms with E-state index in [1.54, 1.807) is 30.3 Å². The van der Waals surface area contributed by atoms with Gasteiger partial charge in [0.15, 0.2) is 0 Å². The van der Waals surface area contributed by atoms with Crippen molar-refractivity contribution < 1.29 is 5.11 Å². The summed E-state index contributed by atoms with van der Waals surface area (Å²) in [5.41, 5.74) is 2.10. The van der Waals surface area contributed by atoms with Crippen LogP contribution in [0.2, 0.25) is 0 Å². The molecule has 0 fully saturated rings. The van der Waals surface area contributed by atoms with Crippen molar-refractivity contribution in [2.24, 2.45) is 0 Å². The van der Waals surface area contributed by atoms with Gasteiger partial charge in [-0.25, -0.2) is 4.98 Å². The first-order valence-electron chi connectivity index (χ1n) is 6.67. The Morgan fingerprint density at radius 1 is 1.17 bits per heavy atom. The Hall–Kier alpha value is -3.35. The van der Waals surface area contributed by atoms with Gasteiger partial charge in [0.05, 0.1) is 15.8 Å². The second-order valence-corrected chi connectivity index (χ2v) is 5.68. The van der Waals surface area contributed by atoms with Crippen molar-refractivity contribution in [3.63, 3.8) is 0 Å². The smallest absolute Gasteiger partial charge is 0.145 e. The number of hydrogen-bond donors (Lipinski definition) is 2. The number of hydrogen-bond acceptors (Lipinski definition) is 6. The molecule has 6 heteroatoms. The zero-order chi connectivity index (χ0) is 16.2. The van der Waals surface area contributed by atoms with Crippen molar-refractivity contribution in [1.29, 1.82) is 10.5 Å². The summed E-state index contributed by atoms with van der Waals surface area (Å²) in [5, 5.41) is 31.1. The van der Waals surface area contributed by atoms with Gasteiger partial charge in [0.2, 0.25) is 0 Å². The van der Waals surface area contributed by atoms with Crippen LogP contribution in [0.15, 0.2) is 54.2 Å². The van der Waals surface area contributed by atoms with Gasteiger partial charge in [-0.3, -0.25) is 0 Å². The molecule has 0 aliphatic heterocycles. The molecule has 1 aromatic heterocycles. The summed E-state index contributed by atoms with van der Waals surface area (Å²) >= 11 is 1.49. The van der Waals surface area contributed by atoms with E-state index in [0.717, 1.165) is 10.2 Å². The molecule has 3 rings (SSSR count). The molecular weight excluding hydrogens is 308 g/mol. The number of benzene rings is 2. The summed E-state index contributed by atoms with van der Waals surface area (Å²) in [6.07, 6.45) is 1.33. The minimum absolute atomic E-state index is 0.0281. The highest BCUT2D eigenvalue weighted by molar-refractivity contribution is 7.21. The van der Waals surface area contributed by atoms with Gasteiger partial charge in [0.25, 0.3) is 0 Å². The average Bonchev–Trinajstić information content (AvgIpc) is 3.01. The standard InChI is InChI=1S/C17H10N4OS/c18-8-11(9-19)10-20-12-5-6-15(22)13(7-12)17-21-14-3-1-2-4-16(14)23-17/h1-7,10,20,22H. The molecule has 0 atom stereocenters. The number of nitriles is 2. The molecule has 3 aromatic rings. The molecule has 2 aromatic carbocycles. The van der Waals surface area contributed by atoms with E-state index in [1.807, 2.05) is 24.3 Å². The number of thiazole rings is 1. The van der Waals surface area contributed by atoms with Crippen LogP contribution in [-0.2, 0) is 0 Å². The average molecular weight is 318 g/mol. The predicted molar refractivity (Wildman–Crippen MR) is 89.7 cm³/mol. The van der Waals surface area contributed by atoms with E-state index in [9.17, 15) is 5.11 Å². The highest BCUT2D eigenvalue weighted by Gasteiger charge is 2.11. The number of nitrogens with zero attached hydrogens (tertiary/aromatic N) is 3. The molecule has 23 heavy (non-hydrogen) atoms. The lowest BCUT2D eigenvalue weighted by atomic mass is 10.2. The van der Waals surface area contributed by atoms with E-state index in [0.29, 0.717) is 16.3 Å². The van der Waals surface area contributed by atoms with Gasteiger partial charge >= 0.3 is 0 Å². The van der Waals surface area contributed by atoms with E-state index in [2.05, 4.69) is 10.3 Å². The summed E-state index contributed by atoms with van der Waals surface area (Å²) < 4.78 is 1.04. The first kappa shape index (κ1) is 14.6. The molecule has 0 amide bonds. The van der Waals surface area contributed by atoms with Crippen LogP contribution in [0.3, 0.4) is 0 Å². The third-order valence-corrected chi connectivity index (χ3v) is 4.21. The summed E-state index contributed by atoms with van der Waals surface area (Å²) in [5.74, 6) is 0.124. The molecule has 0 bridgehead atoms. The zero-order valence-electron chi connectivity index (χ0n) is 11.8. The molecule has 110 valence electrons. The molecule has 1 heterocycles. The van der Waals surface area contributed by atoms with Crippen molar-refractivity contribution in [3.05, 3.63) is 54.2 Å². The van der Waals surface area contributed by atoms with Gasteiger partial charge in [-0.15, -0.1) is 11.3 Å². The maximum absolute atomic E-state index is 10.1. The lowest BCUT2D eigenvalue weighted by Crippen LogP contribution is -1.90. The van der Waals surface area contributed by atoms with Crippen molar-refractivity contribution in [2.45, 2.75) is 0 Å². The zero-order valence-corrected chi connectivity index (χ0v) is 12.6. The first-order chi connectivity index (χ1) is 11.2. The number of rotatable bonds is 3. The van der Waals surface area contributed by atoms with Crippen LogP contribution in [0.1, 0.15) is 0 Å². The van der Waals surface area contributed by atoms with Crippen LogP contribution < -0.4 is 5.32 Å². The normalized spacial score (nSPS) is 9.83. The summed E-state index contributed by atoms with van der Waals surface area (Å²) in [6, 6.07) is 16.3. The van der Waals surface area contributed by atoms with Gasteiger partial charge in [0.1, 0.15) is 28.5 Å². The molecule has 0 aliphatic carbocycles. The Balaban J connectivity index is 1.99. The van der Waals surface area contributed by atoms with E-state index in [-0.39, 0.29) is 11.3 Å². The van der Waals surface area contributed by atoms with Crippen LogP contribution >= 0.6 is 11.3 Å². The van der Waals surface area contributed by atoms with Gasteiger partial charge in [-0.1, -0.05) is 12.1 Å².